The number of nitrogens with zero attached hydrogens (tertiary/aromatic N) is 1. The summed E-state index contributed by atoms with van der Waals surface area (Å²) in [6.07, 6.45) is 1.26. The largest absolute Gasteiger partial charge is 0.461 e. The highest BCUT2D eigenvalue weighted by Gasteiger charge is 2.18. The van der Waals surface area contributed by atoms with Gasteiger partial charge in [-0.2, -0.15) is 4.98 Å². The number of carbonyl (C=O) groups excluding carboxylic acids is 1. The Hall–Kier alpha value is -2.30. The lowest BCUT2D eigenvalue weighted by Crippen LogP contribution is -2.11. The van der Waals surface area contributed by atoms with Crippen molar-refractivity contribution in [3.8, 4) is 11.8 Å². The number of benzene rings is 1. The molecule has 22 heavy (non-hydrogen) atoms. The van der Waals surface area contributed by atoms with Gasteiger partial charge in [0.05, 0.1) is 6.61 Å². The Bertz CT molecular complexity index is 668. The molecule has 1 aromatic carbocycles. The maximum Gasteiger partial charge on any atom is 0.399 e. The SMILES string of the molecule is CCOC(=O)c1coc(Oc2cc(C(C)(C)C)ccc2C)n1. The maximum atomic E-state index is 11.6. The molecule has 0 amide bonds. The first kappa shape index (κ1) is 16.1. The number of aromatic nitrogens is 1. The fourth-order valence-electron chi connectivity index (χ4n) is 1.87. The van der Waals surface area contributed by atoms with Crippen molar-refractivity contribution in [1.82, 2.24) is 4.98 Å². The van der Waals surface area contributed by atoms with Crippen molar-refractivity contribution >= 4 is 5.97 Å². The number of hydrogen-bond donors (Lipinski definition) is 0. The van der Waals surface area contributed by atoms with E-state index in [1.807, 2.05) is 19.1 Å². The van der Waals surface area contributed by atoms with E-state index in [2.05, 4.69) is 31.8 Å². The molecule has 0 saturated heterocycles. The molecular formula is C17H21NO4. The van der Waals surface area contributed by atoms with Crippen LogP contribution in [0.4, 0.5) is 0 Å². The monoisotopic (exact) mass is 303 g/mol. The summed E-state index contributed by atoms with van der Waals surface area (Å²) in [6.45, 7) is 10.4. The van der Waals surface area contributed by atoms with Gasteiger partial charge in [0.25, 0.3) is 0 Å². The Kier molecular flexibility index (Phi) is 4.54. The second-order valence-electron chi connectivity index (χ2n) is 6.05. The molecular weight excluding hydrogens is 282 g/mol. The first-order valence-corrected chi connectivity index (χ1v) is 7.23. The van der Waals surface area contributed by atoms with Crippen LogP contribution >= 0.6 is 0 Å². The van der Waals surface area contributed by atoms with Gasteiger partial charge >= 0.3 is 12.0 Å². The lowest BCUT2D eigenvalue weighted by molar-refractivity contribution is 0.0519. The van der Waals surface area contributed by atoms with E-state index in [1.54, 1.807) is 6.92 Å². The molecule has 0 radical (unpaired) electrons. The van der Waals surface area contributed by atoms with Crippen molar-refractivity contribution in [1.29, 1.82) is 0 Å². The number of oxazole rings is 1. The summed E-state index contributed by atoms with van der Waals surface area (Å²) in [5, 5.41) is 0. The molecule has 0 fully saturated rings. The Morgan fingerprint density at radius 2 is 2.05 bits per heavy atom. The molecule has 0 spiro atoms. The third-order valence-electron chi connectivity index (χ3n) is 3.22. The number of ether oxygens (including phenoxy) is 2. The highest BCUT2D eigenvalue weighted by atomic mass is 16.6. The van der Waals surface area contributed by atoms with Crippen LogP contribution in [0.25, 0.3) is 0 Å². The average molecular weight is 303 g/mol. The average Bonchev–Trinajstić information content (AvgIpc) is 2.89. The Morgan fingerprint density at radius 1 is 1.32 bits per heavy atom. The predicted octanol–water partition coefficient (Wildman–Crippen LogP) is 4.25. The van der Waals surface area contributed by atoms with Gasteiger partial charge in [0, 0.05) is 0 Å². The zero-order valence-electron chi connectivity index (χ0n) is 13.6. The lowest BCUT2D eigenvalue weighted by Gasteiger charge is -2.20. The standard InChI is InChI=1S/C17H21NO4/c1-6-20-15(19)13-10-21-16(18-13)22-14-9-12(17(3,4)5)8-7-11(14)2/h7-10H,6H2,1-5H3. The summed E-state index contributed by atoms with van der Waals surface area (Å²) in [4.78, 5) is 15.6. The number of carbonyl (C=O) groups is 1. The highest BCUT2D eigenvalue weighted by molar-refractivity contribution is 5.86. The predicted molar refractivity (Wildman–Crippen MR) is 82.4 cm³/mol. The van der Waals surface area contributed by atoms with Crippen LogP contribution in [-0.4, -0.2) is 17.6 Å². The molecule has 0 aliphatic carbocycles. The molecule has 118 valence electrons. The maximum absolute atomic E-state index is 11.6. The molecule has 0 N–H and O–H groups in total. The summed E-state index contributed by atoms with van der Waals surface area (Å²) >= 11 is 0. The summed E-state index contributed by atoms with van der Waals surface area (Å²) in [5.74, 6) is 0.131. The van der Waals surface area contributed by atoms with E-state index in [9.17, 15) is 4.79 Å². The third-order valence-corrected chi connectivity index (χ3v) is 3.22. The molecule has 0 aliphatic heterocycles. The van der Waals surface area contributed by atoms with E-state index in [1.165, 1.54) is 6.26 Å². The van der Waals surface area contributed by atoms with E-state index in [-0.39, 0.29) is 23.8 Å². The molecule has 1 aromatic heterocycles. The molecule has 1 heterocycles. The quantitative estimate of drug-likeness (QED) is 0.790. The molecule has 0 atom stereocenters. The Balaban J connectivity index is 2.22. The number of esters is 1. The molecule has 0 aliphatic rings. The molecule has 2 rings (SSSR count). The van der Waals surface area contributed by atoms with Gasteiger partial charge in [-0.15, -0.1) is 0 Å². The molecule has 0 bridgehead atoms. The Labute approximate surface area is 130 Å². The molecule has 0 saturated carbocycles. The van der Waals surface area contributed by atoms with Gasteiger partial charge in [0.1, 0.15) is 12.0 Å². The third kappa shape index (κ3) is 3.67. The summed E-state index contributed by atoms with van der Waals surface area (Å²) in [6, 6.07) is 6.02. The van der Waals surface area contributed by atoms with Crippen LogP contribution < -0.4 is 4.74 Å². The Morgan fingerprint density at radius 3 is 2.68 bits per heavy atom. The molecule has 2 aromatic rings. The normalized spacial score (nSPS) is 11.3. The van der Waals surface area contributed by atoms with Crippen molar-refractivity contribution in [3.63, 3.8) is 0 Å². The zero-order valence-corrected chi connectivity index (χ0v) is 13.6. The zero-order chi connectivity index (χ0) is 16.3. The van der Waals surface area contributed by atoms with Gasteiger partial charge in [-0.3, -0.25) is 0 Å². The van der Waals surface area contributed by atoms with Gasteiger partial charge in [0.2, 0.25) is 0 Å². The van der Waals surface area contributed by atoms with Gasteiger partial charge in [-0.1, -0.05) is 32.9 Å². The fraction of sp³-hybridized carbons (Fsp3) is 0.412. The van der Waals surface area contributed by atoms with E-state index < -0.39 is 5.97 Å². The number of rotatable bonds is 4. The number of aryl methyl sites for hydroxylation is 1. The van der Waals surface area contributed by atoms with Crippen molar-refractivity contribution in [2.45, 2.75) is 40.0 Å². The summed E-state index contributed by atoms with van der Waals surface area (Å²) < 4.78 is 15.7. The van der Waals surface area contributed by atoms with E-state index in [0.717, 1.165) is 11.1 Å². The van der Waals surface area contributed by atoms with Crippen LogP contribution in [0, 0.1) is 6.92 Å². The van der Waals surface area contributed by atoms with Gasteiger partial charge < -0.3 is 13.9 Å². The van der Waals surface area contributed by atoms with Gasteiger partial charge in [-0.25, -0.2) is 4.79 Å². The van der Waals surface area contributed by atoms with Crippen molar-refractivity contribution in [2.24, 2.45) is 0 Å². The molecule has 5 heteroatoms. The van der Waals surface area contributed by atoms with Crippen molar-refractivity contribution < 1.29 is 18.7 Å². The van der Waals surface area contributed by atoms with Crippen LogP contribution in [-0.2, 0) is 10.2 Å². The van der Waals surface area contributed by atoms with Crippen molar-refractivity contribution in [2.75, 3.05) is 6.61 Å². The van der Waals surface area contributed by atoms with Crippen LogP contribution in [0.5, 0.6) is 11.8 Å². The van der Waals surface area contributed by atoms with Crippen molar-refractivity contribution in [3.05, 3.63) is 41.3 Å². The van der Waals surface area contributed by atoms with Crippen LogP contribution in [0.2, 0.25) is 0 Å². The summed E-state index contributed by atoms with van der Waals surface area (Å²) in [7, 11) is 0. The second-order valence-corrected chi connectivity index (χ2v) is 6.05. The van der Waals surface area contributed by atoms with Crippen LogP contribution in [0.15, 0.2) is 28.9 Å². The highest BCUT2D eigenvalue weighted by Crippen LogP contribution is 2.31. The van der Waals surface area contributed by atoms with E-state index in [0.29, 0.717) is 5.75 Å². The van der Waals surface area contributed by atoms with Crippen LogP contribution in [0.3, 0.4) is 0 Å². The second kappa shape index (κ2) is 6.22. The smallest absolute Gasteiger partial charge is 0.399 e. The number of hydrogen-bond acceptors (Lipinski definition) is 5. The topological polar surface area (TPSA) is 61.6 Å². The molecule has 0 unspecified atom stereocenters. The molecule has 5 nitrogen and oxygen atoms in total. The minimum Gasteiger partial charge on any atom is -0.461 e. The van der Waals surface area contributed by atoms with E-state index in [4.69, 9.17) is 13.9 Å². The first-order chi connectivity index (χ1) is 10.3. The fourth-order valence-corrected chi connectivity index (χ4v) is 1.87. The minimum absolute atomic E-state index is 0.0124. The van der Waals surface area contributed by atoms with Crippen LogP contribution in [0.1, 0.15) is 49.3 Å². The minimum atomic E-state index is -0.527. The summed E-state index contributed by atoms with van der Waals surface area (Å²) in [5.41, 5.74) is 2.22. The van der Waals surface area contributed by atoms with Gasteiger partial charge in [0.15, 0.2) is 5.69 Å². The van der Waals surface area contributed by atoms with E-state index >= 15 is 0 Å². The first-order valence-electron chi connectivity index (χ1n) is 7.23. The van der Waals surface area contributed by atoms with Gasteiger partial charge in [-0.05, 0) is 36.5 Å². The lowest BCUT2D eigenvalue weighted by atomic mass is 9.86.